The number of sulfonamides is 1. The Hall–Kier alpha value is -2.91. The van der Waals surface area contributed by atoms with E-state index in [1.807, 2.05) is 18.2 Å². The van der Waals surface area contributed by atoms with Crippen molar-refractivity contribution in [3.8, 4) is 0 Å². The minimum absolute atomic E-state index is 0.00576. The van der Waals surface area contributed by atoms with Gasteiger partial charge in [0.25, 0.3) is 11.8 Å². The van der Waals surface area contributed by atoms with Gasteiger partial charge in [-0.05, 0) is 62.4 Å². The Labute approximate surface area is 207 Å². The minimum atomic E-state index is -3.66. The fraction of sp³-hybridized carbons (Fsp3) is 0.462. The summed E-state index contributed by atoms with van der Waals surface area (Å²) >= 11 is 0. The number of hydrogen-bond acceptors (Lipinski definition) is 5. The summed E-state index contributed by atoms with van der Waals surface area (Å²) in [6.45, 7) is 2.71. The standard InChI is InChI=1S/C26H34N4O4S/c1-28(2)35(33,34)22-11-12-24(29-15-7-4-8-16-29)23(19-22)26(32)30-17-13-21(14-18-30)27-25(31)20-9-5-3-6-10-20/h3,5-6,9-12,19,21H,4,7-8,13-18H2,1-2H3,(H,27,31). The Balaban J connectivity index is 1.51. The number of benzene rings is 2. The number of carbonyl (C=O) groups excluding carboxylic acids is 2. The van der Waals surface area contributed by atoms with Crippen LogP contribution in [0.15, 0.2) is 53.4 Å². The minimum Gasteiger partial charge on any atom is -0.371 e. The van der Waals surface area contributed by atoms with Crippen molar-refractivity contribution in [2.45, 2.75) is 43.0 Å². The van der Waals surface area contributed by atoms with Crippen LogP contribution in [0, 0.1) is 0 Å². The highest BCUT2D eigenvalue weighted by atomic mass is 32.2. The molecule has 2 amide bonds. The fourth-order valence-corrected chi connectivity index (χ4v) is 5.65. The molecule has 2 fully saturated rings. The molecule has 0 saturated carbocycles. The lowest BCUT2D eigenvalue weighted by Crippen LogP contribution is -2.47. The number of nitrogens with one attached hydrogen (secondary N) is 1. The van der Waals surface area contributed by atoms with E-state index >= 15 is 0 Å². The van der Waals surface area contributed by atoms with Gasteiger partial charge in [0.15, 0.2) is 0 Å². The Morgan fingerprint density at radius 3 is 2.20 bits per heavy atom. The van der Waals surface area contributed by atoms with E-state index in [4.69, 9.17) is 0 Å². The van der Waals surface area contributed by atoms with Crippen LogP contribution in [0.5, 0.6) is 0 Å². The van der Waals surface area contributed by atoms with Crippen molar-refractivity contribution in [3.63, 3.8) is 0 Å². The molecule has 2 aromatic carbocycles. The summed E-state index contributed by atoms with van der Waals surface area (Å²) < 4.78 is 26.7. The number of likely N-dealkylation sites (tertiary alicyclic amines) is 1. The van der Waals surface area contributed by atoms with Crippen molar-refractivity contribution in [2.24, 2.45) is 0 Å². The maximum Gasteiger partial charge on any atom is 0.256 e. The van der Waals surface area contributed by atoms with Crippen molar-refractivity contribution >= 4 is 27.5 Å². The van der Waals surface area contributed by atoms with Crippen LogP contribution >= 0.6 is 0 Å². The molecule has 2 heterocycles. The largest absolute Gasteiger partial charge is 0.371 e. The number of hydrogen-bond donors (Lipinski definition) is 1. The summed E-state index contributed by atoms with van der Waals surface area (Å²) in [4.78, 5) is 30.3. The summed E-state index contributed by atoms with van der Waals surface area (Å²) in [6.07, 6.45) is 4.57. The van der Waals surface area contributed by atoms with Gasteiger partial charge >= 0.3 is 0 Å². The van der Waals surface area contributed by atoms with Gasteiger partial charge in [0.2, 0.25) is 10.0 Å². The van der Waals surface area contributed by atoms with Crippen molar-refractivity contribution in [3.05, 3.63) is 59.7 Å². The molecule has 2 aliphatic heterocycles. The van der Waals surface area contributed by atoms with Crippen molar-refractivity contribution in [2.75, 3.05) is 45.2 Å². The average Bonchev–Trinajstić information content (AvgIpc) is 2.89. The Bertz CT molecular complexity index is 1150. The molecular formula is C26H34N4O4S. The van der Waals surface area contributed by atoms with Crippen molar-refractivity contribution < 1.29 is 18.0 Å². The molecule has 1 N–H and O–H groups in total. The molecule has 2 aromatic rings. The second kappa shape index (κ2) is 10.8. The van der Waals surface area contributed by atoms with E-state index in [0.29, 0.717) is 37.1 Å². The molecule has 35 heavy (non-hydrogen) atoms. The SMILES string of the molecule is CN(C)S(=O)(=O)c1ccc(N2CCCCC2)c(C(=O)N2CCC(NC(=O)c3ccccc3)CC2)c1. The van der Waals surface area contributed by atoms with Crippen LogP contribution in [0.1, 0.15) is 52.8 Å². The lowest BCUT2D eigenvalue weighted by atomic mass is 10.0. The maximum absolute atomic E-state index is 13.7. The van der Waals surface area contributed by atoms with E-state index in [1.165, 1.54) is 20.2 Å². The first-order valence-electron chi connectivity index (χ1n) is 12.2. The zero-order chi connectivity index (χ0) is 25.0. The van der Waals surface area contributed by atoms with Gasteiger partial charge in [-0.25, -0.2) is 12.7 Å². The number of anilines is 1. The molecule has 0 aromatic heterocycles. The van der Waals surface area contributed by atoms with Gasteiger partial charge in [-0.1, -0.05) is 18.2 Å². The van der Waals surface area contributed by atoms with Gasteiger partial charge in [-0.15, -0.1) is 0 Å². The zero-order valence-electron chi connectivity index (χ0n) is 20.4. The first-order valence-corrected chi connectivity index (χ1v) is 13.7. The quantitative estimate of drug-likeness (QED) is 0.661. The van der Waals surface area contributed by atoms with Crippen LogP contribution in [0.25, 0.3) is 0 Å². The number of carbonyl (C=O) groups is 2. The fourth-order valence-electron chi connectivity index (χ4n) is 4.72. The van der Waals surface area contributed by atoms with E-state index < -0.39 is 10.0 Å². The summed E-state index contributed by atoms with van der Waals surface area (Å²) in [7, 11) is -0.683. The summed E-state index contributed by atoms with van der Waals surface area (Å²) in [5, 5.41) is 3.07. The zero-order valence-corrected chi connectivity index (χ0v) is 21.3. The molecule has 9 heteroatoms. The third-order valence-corrected chi connectivity index (χ3v) is 8.64. The molecule has 2 saturated heterocycles. The van der Waals surface area contributed by atoms with Gasteiger partial charge in [0.1, 0.15) is 0 Å². The topological polar surface area (TPSA) is 90.0 Å². The van der Waals surface area contributed by atoms with Crippen LogP contribution in [0.2, 0.25) is 0 Å². The Morgan fingerprint density at radius 2 is 1.57 bits per heavy atom. The highest BCUT2D eigenvalue weighted by molar-refractivity contribution is 7.89. The van der Waals surface area contributed by atoms with E-state index in [1.54, 1.807) is 29.2 Å². The highest BCUT2D eigenvalue weighted by Crippen LogP contribution is 2.29. The predicted molar refractivity (Wildman–Crippen MR) is 136 cm³/mol. The van der Waals surface area contributed by atoms with Crippen molar-refractivity contribution in [1.29, 1.82) is 0 Å². The molecule has 4 rings (SSSR count). The van der Waals surface area contributed by atoms with E-state index in [-0.39, 0.29) is 22.8 Å². The maximum atomic E-state index is 13.7. The van der Waals surface area contributed by atoms with Crippen LogP contribution in [-0.4, -0.2) is 75.8 Å². The van der Waals surface area contributed by atoms with Gasteiger partial charge in [0.05, 0.1) is 10.5 Å². The second-order valence-corrected chi connectivity index (χ2v) is 11.6. The number of rotatable bonds is 6. The molecule has 0 spiro atoms. The van der Waals surface area contributed by atoms with Crippen LogP contribution in [0.4, 0.5) is 5.69 Å². The molecular weight excluding hydrogens is 464 g/mol. The van der Waals surface area contributed by atoms with E-state index in [0.717, 1.165) is 42.3 Å². The number of nitrogens with zero attached hydrogens (tertiary/aromatic N) is 3. The summed E-state index contributed by atoms with van der Waals surface area (Å²) in [6, 6.07) is 14.0. The van der Waals surface area contributed by atoms with Gasteiger partial charge in [-0.2, -0.15) is 0 Å². The summed E-state index contributed by atoms with van der Waals surface area (Å²) in [5.41, 5.74) is 1.85. The Morgan fingerprint density at radius 1 is 0.914 bits per heavy atom. The molecule has 0 radical (unpaired) electrons. The summed E-state index contributed by atoms with van der Waals surface area (Å²) in [5.74, 6) is -0.265. The van der Waals surface area contributed by atoms with Gasteiger partial charge < -0.3 is 15.1 Å². The molecule has 2 aliphatic rings. The smallest absolute Gasteiger partial charge is 0.256 e. The molecule has 188 valence electrons. The van der Waals surface area contributed by atoms with Crippen LogP contribution in [0.3, 0.4) is 0 Å². The predicted octanol–water partition coefficient (Wildman–Crippen LogP) is 2.96. The van der Waals surface area contributed by atoms with E-state index in [2.05, 4.69) is 10.2 Å². The molecule has 0 unspecified atom stereocenters. The third kappa shape index (κ3) is 5.67. The average molecular weight is 499 g/mol. The molecule has 8 nitrogen and oxygen atoms in total. The number of amides is 2. The lowest BCUT2D eigenvalue weighted by Gasteiger charge is -2.35. The normalized spacial score (nSPS) is 17.5. The monoisotopic (exact) mass is 498 g/mol. The Kier molecular flexibility index (Phi) is 7.76. The molecule has 0 bridgehead atoms. The van der Waals surface area contributed by atoms with Crippen molar-refractivity contribution in [1.82, 2.24) is 14.5 Å². The lowest BCUT2D eigenvalue weighted by molar-refractivity contribution is 0.0698. The molecule has 0 atom stereocenters. The highest BCUT2D eigenvalue weighted by Gasteiger charge is 2.29. The van der Waals surface area contributed by atoms with Crippen LogP contribution < -0.4 is 10.2 Å². The first kappa shape index (κ1) is 25.2. The van der Waals surface area contributed by atoms with Gasteiger partial charge in [-0.3, -0.25) is 9.59 Å². The van der Waals surface area contributed by atoms with Gasteiger partial charge in [0, 0.05) is 57.6 Å². The second-order valence-electron chi connectivity index (χ2n) is 9.42. The van der Waals surface area contributed by atoms with Crippen LogP contribution in [-0.2, 0) is 10.0 Å². The first-order chi connectivity index (χ1) is 16.8. The van der Waals surface area contributed by atoms with E-state index in [9.17, 15) is 18.0 Å². The number of piperidine rings is 2. The third-order valence-electron chi connectivity index (χ3n) is 6.83. The molecule has 0 aliphatic carbocycles.